The van der Waals surface area contributed by atoms with E-state index in [0.717, 1.165) is 4.47 Å². The van der Waals surface area contributed by atoms with Gasteiger partial charge in [-0.05, 0) is 30.5 Å². The molecule has 0 spiro atoms. The van der Waals surface area contributed by atoms with Crippen LogP contribution in [0, 0.1) is 0 Å². The highest BCUT2D eigenvalue weighted by Crippen LogP contribution is 2.25. The van der Waals surface area contributed by atoms with E-state index in [0.29, 0.717) is 32.6 Å². The number of nitrogens with one attached hydrogen (secondary N) is 1. The van der Waals surface area contributed by atoms with Gasteiger partial charge < -0.3 is 15.8 Å². The van der Waals surface area contributed by atoms with E-state index in [2.05, 4.69) is 47.2 Å². The molecular weight excluding hydrogens is 332 g/mol. The molecule has 0 aliphatic carbocycles. The smallest absolute Gasteiger partial charge is 0.240 e. The van der Waals surface area contributed by atoms with Crippen LogP contribution < -0.4 is 11.1 Å². The maximum Gasteiger partial charge on any atom is 0.240 e. The molecule has 1 fully saturated rings. The summed E-state index contributed by atoms with van der Waals surface area (Å²) in [6.45, 7) is 5.89. The Morgan fingerprint density at radius 1 is 1.43 bits per heavy atom. The maximum atomic E-state index is 12.4. The van der Waals surface area contributed by atoms with Gasteiger partial charge in [0.25, 0.3) is 0 Å². The molecule has 0 atom stereocenters. The molecule has 116 valence electrons. The number of amides is 1. The normalized spacial score (nSPS) is 18.3. The predicted molar refractivity (Wildman–Crippen MR) is 87.1 cm³/mol. The first-order valence-electron chi connectivity index (χ1n) is 7.24. The molecule has 1 aliphatic heterocycles. The molecule has 1 amide bonds. The lowest BCUT2D eigenvalue weighted by Gasteiger charge is -2.34. The second-order valence-corrected chi connectivity index (χ2v) is 7.26. The van der Waals surface area contributed by atoms with Gasteiger partial charge in [-0.3, -0.25) is 4.79 Å². The van der Waals surface area contributed by atoms with Gasteiger partial charge in [-0.1, -0.05) is 41.9 Å². The van der Waals surface area contributed by atoms with Crippen LogP contribution in [0.3, 0.4) is 0 Å². The Balaban J connectivity index is 1.99. The molecule has 1 aromatic carbocycles. The average molecular weight is 355 g/mol. The second-order valence-electron chi connectivity index (χ2n) is 6.35. The Morgan fingerprint density at radius 3 is 2.71 bits per heavy atom. The van der Waals surface area contributed by atoms with E-state index in [1.54, 1.807) is 0 Å². The first-order valence-corrected chi connectivity index (χ1v) is 8.04. The zero-order valence-corrected chi connectivity index (χ0v) is 14.2. The highest BCUT2D eigenvalue weighted by atomic mass is 79.9. The number of rotatable bonds is 4. The van der Waals surface area contributed by atoms with E-state index in [4.69, 9.17) is 10.5 Å². The minimum Gasteiger partial charge on any atom is -0.381 e. The Kier molecular flexibility index (Phi) is 5.07. The summed E-state index contributed by atoms with van der Waals surface area (Å²) >= 11 is 3.48. The number of carbonyl (C=O) groups is 1. The summed E-state index contributed by atoms with van der Waals surface area (Å²) in [5, 5.41) is 3.02. The van der Waals surface area contributed by atoms with Crippen LogP contribution in [-0.2, 0) is 14.9 Å². The largest absolute Gasteiger partial charge is 0.381 e. The molecule has 1 heterocycles. The van der Waals surface area contributed by atoms with E-state index in [1.165, 1.54) is 5.56 Å². The van der Waals surface area contributed by atoms with E-state index >= 15 is 0 Å². The number of hydrogen-bond donors (Lipinski definition) is 2. The third kappa shape index (κ3) is 4.05. The molecule has 0 aromatic heterocycles. The third-order valence-corrected chi connectivity index (χ3v) is 4.63. The van der Waals surface area contributed by atoms with Crippen LogP contribution in [-0.4, -0.2) is 31.2 Å². The van der Waals surface area contributed by atoms with Gasteiger partial charge in [0, 0.05) is 29.6 Å². The monoisotopic (exact) mass is 354 g/mol. The van der Waals surface area contributed by atoms with Gasteiger partial charge in [-0.15, -0.1) is 0 Å². The first-order chi connectivity index (χ1) is 9.83. The van der Waals surface area contributed by atoms with Crippen molar-refractivity contribution in [3.63, 3.8) is 0 Å². The highest BCUT2D eigenvalue weighted by Gasteiger charge is 2.36. The summed E-state index contributed by atoms with van der Waals surface area (Å²) in [4.78, 5) is 12.4. The van der Waals surface area contributed by atoms with Crippen molar-refractivity contribution in [1.29, 1.82) is 0 Å². The van der Waals surface area contributed by atoms with Crippen molar-refractivity contribution in [3.05, 3.63) is 34.3 Å². The molecule has 0 saturated carbocycles. The predicted octanol–water partition coefficient (Wildman–Crippen LogP) is 2.35. The molecular formula is C16H23BrN2O2. The Morgan fingerprint density at radius 2 is 2.10 bits per heavy atom. The highest BCUT2D eigenvalue weighted by molar-refractivity contribution is 9.10. The summed E-state index contributed by atoms with van der Waals surface area (Å²) < 4.78 is 6.32. The number of benzene rings is 1. The molecule has 0 radical (unpaired) electrons. The fourth-order valence-corrected chi connectivity index (χ4v) is 2.85. The van der Waals surface area contributed by atoms with Crippen LogP contribution in [0.25, 0.3) is 0 Å². The van der Waals surface area contributed by atoms with E-state index < -0.39 is 5.54 Å². The van der Waals surface area contributed by atoms with Crippen LogP contribution in [0.4, 0.5) is 0 Å². The molecule has 21 heavy (non-hydrogen) atoms. The van der Waals surface area contributed by atoms with Crippen LogP contribution >= 0.6 is 15.9 Å². The summed E-state index contributed by atoms with van der Waals surface area (Å²) in [6.07, 6.45) is 1.16. The van der Waals surface area contributed by atoms with Crippen molar-refractivity contribution in [3.8, 4) is 0 Å². The fourth-order valence-electron chi connectivity index (χ4n) is 2.45. The van der Waals surface area contributed by atoms with Gasteiger partial charge in [0.15, 0.2) is 0 Å². The van der Waals surface area contributed by atoms with Gasteiger partial charge >= 0.3 is 0 Å². The van der Waals surface area contributed by atoms with Crippen LogP contribution in [0.15, 0.2) is 28.7 Å². The summed E-state index contributed by atoms with van der Waals surface area (Å²) in [6, 6.07) is 8.16. The second kappa shape index (κ2) is 6.46. The number of carbonyl (C=O) groups excluding carboxylic acids is 1. The zero-order chi connectivity index (χ0) is 15.5. The number of nitrogens with two attached hydrogens (primary N) is 1. The molecule has 4 nitrogen and oxygen atoms in total. The lowest BCUT2D eigenvalue weighted by Crippen LogP contribution is -2.58. The lowest BCUT2D eigenvalue weighted by atomic mass is 9.84. The van der Waals surface area contributed by atoms with E-state index in [9.17, 15) is 4.79 Å². The van der Waals surface area contributed by atoms with Crippen molar-refractivity contribution in [1.82, 2.24) is 5.32 Å². The maximum absolute atomic E-state index is 12.4. The van der Waals surface area contributed by atoms with Gasteiger partial charge in [0.2, 0.25) is 5.91 Å². The summed E-state index contributed by atoms with van der Waals surface area (Å²) in [5.41, 5.74) is 6.43. The Labute approximate surface area is 134 Å². The Hall–Kier alpha value is -0.910. The molecule has 1 aromatic rings. The summed E-state index contributed by atoms with van der Waals surface area (Å²) in [7, 11) is 0. The average Bonchev–Trinajstić information content (AvgIpc) is 2.45. The molecule has 5 heteroatoms. The number of ether oxygens (including phenoxy) is 1. The van der Waals surface area contributed by atoms with E-state index in [-0.39, 0.29) is 11.3 Å². The minimum absolute atomic E-state index is 0.0751. The SMILES string of the molecule is CC(C)(CNC(=O)C1(N)CCOCC1)c1cccc(Br)c1. The van der Waals surface area contributed by atoms with Crippen molar-refractivity contribution in [2.75, 3.05) is 19.8 Å². The van der Waals surface area contributed by atoms with Gasteiger partial charge in [-0.25, -0.2) is 0 Å². The van der Waals surface area contributed by atoms with Gasteiger partial charge in [-0.2, -0.15) is 0 Å². The Bertz CT molecular complexity index is 511. The lowest BCUT2D eigenvalue weighted by molar-refractivity contribution is -0.130. The topological polar surface area (TPSA) is 64.4 Å². The quantitative estimate of drug-likeness (QED) is 0.872. The van der Waals surface area contributed by atoms with Gasteiger partial charge in [0.1, 0.15) is 0 Å². The van der Waals surface area contributed by atoms with Crippen molar-refractivity contribution in [2.24, 2.45) is 5.73 Å². The first kappa shape index (κ1) is 16.5. The molecule has 3 N–H and O–H groups in total. The molecule has 2 rings (SSSR count). The molecule has 0 bridgehead atoms. The molecule has 1 aliphatic rings. The standard InChI is InChI=1S/C16H23BrN2O2/c1-15(2,12-4-3-5-13(17)10-12)11-19-14(20)16(18)6-8-21-9-7-16/h3-5,10H,6-9,11,18H2,1-2H3,(H,19,20). The number of halogens is 1. The van der Waals surface area contributed by atoms with E-state index in [1.807, 2.05) is 12.1 Å². The van der Waals surface area contributed by atoms with Crippen molar-refractivity contribution < 1.29 is 9.53 Å². The summed E-state index contributed by atoms with van der Waals surface area (Å²) in [5.74, 6) is -0.0751. The minimum atomic E-state index is -0.786. The number of hydrogen-bond acceptors (Lipinski definition) is 3. The molecule has 0 unspecified atom stereocenters. The van der Waals surface area contributed by atoms with Crippen LogP contribution in [0.2, 0.25) is 0 Å². The van der Waals surface area contributed by atoms with Crippen molar-refractivity contribution in [2.45, 2.75) is 37.6 Å². The van der Waals surface area contributed by atoms with Gasteiger partial charge in [0.05, 0.1) is 5.54 Å². The third-order valence-electron chi connectivity index (χ3n) is 4.13. The van der Waals surface area contributed by atoms with Crippen LogP contribution in [0.5, 0.6) is 0 Å². The van der Waals surface area contributed by atoms with Crippen molar-refractivity contribution >= 4 is 21.8 Å². The van der Waals surface area contributed by atoms with Crippen LogP contribution in [0.1, 0.15) is 32.3 Å². The molecule has 1 saturated heterocycles. The zero-order valence-electron chi connectivity index (χ0n) is 12.6. The fraction of sp³-hybridized carbons (Fsp3) is 0.562.